The second-order valence-electron chi connectivity index (χ2n) is 7.02. The first-order chi connectivity index (χ1) is 15.3. The predicted molar refractivity (Wildman–Crippen MR) is 114 cm³/mol. The number of anilines is 1. The Hall–Kier alpha value is -4.07. The van der Waals surface area contributed by atoms with E-state index in [9.17, 15) is 18.0 Å². The molecule has 5 nitrogen and oxygen atoms in total. The first kappa shape index (κ1) is 21.2. The quantitative estimate of drug-likeness (QED) is 0.402. The number of alkyl halides is 3. The molecular weight excluding hydrogens is 419 g/mol. The highest BCUT2D eigenvalue weighted by Gasteiger charge is 2.33. The summed E-state index contributed by atoms with van der Waals surface area (Å²) in [6.07, 6.45) is -4.52. The maximum atomic E-state index is 13.3. The smallest absolute Gasteiger partial charge is 0.416 e. The predicted octanol–water partition coefficient (Wildman–Crippen LogP) is 5.54. The van der Waals surface area contributed by atoms with E-state index in [1.165, 1.54) is 18.2 Å². The number of hydrogen-bond donors (Lipinski definition) is 2. The van der Waals surface area contributed by atoms with Gasteiger partial charge in [-0.1, -0.05) is 36.4 Å². The van der Waals surface area contributed by atoms with E-state index in [0.717, 1.165) is 6.07 Å². The average molecular weight is 437 g/mol. The Morgan fingerprint density at radius 1 is 0.906 bits per heavy atom. The Labute approximate surface area is 181 Å². The van der Waals surface area contributed by atoms with Gasteiger partial charge in [-0.25, -0.2) is 4.98 Å². The molecule has 0 atom stereocenters. The summed E-state index contributed by atoms with van der Waals surface area (Å²) in [5, 5.41) is 2.53. The number of nitrogen functional groups attached to an aromatic ring is 1. The van der Waals surface area contributed by atoms with Crippen LogP contribution in [0, 0.1) is 0 Å². The van der Waals surface area contributed by atoms with Crippen molar-refractivity contribution in [2.24, 2.45) is 0 Å². The second kappa shape index (κ2) is 8.58. The summed E-state index contributed by atoms with van der Waals surface area (Å²) in [4.78, 5) is 17.3. The van der Waals surface area contributed by atoms with Crippen molar-refractivity contribution in [1.29, 1.82) is 0 Å². The molecule has 162 valence electrons. The van der Waals surface area contributed by atoms with Crippen LogP contribution in [0.5, 0.6) is 0 Å². The summed E-state index contributed by atoms with van der Waals surface area (Å²) < 4.78 is 45.6. The van der Waals surface area contributed by atoms with Gasteiger partial charge in [0.25, 0.3) is 5.91 Å². The van der Waals surface area contributed by atoms with Gasteiger partial charge in [0.05, 0.1) is 5.56 Å². The lowest BCUT2D eigenvalue weighted by atomic mass is 10.1. The Balaban J connectivity index is 1.67. The molecule has 8 heteroatoms. The number of rotatable bonds is 5. The minimum atomic E-state index is -4.52. The van der Waals surface area contributed by atoms with Crippen LogP contribution in [0.25, 0.3) is 22.8 Å². The Morgan fingerprint density at radius 2 is 1.56 bits per heavy atom. The summed E-state index contributed by atoms with van der Waals surface area (Å²) in [6.45, 7) is -0.316. The van der Waals surface area contributed by atoms with Crippen LogP contribution < -0.4 is 11.1 Å². The third kappa shape index (κ3) is 4.49. The molecule has 0 unspecified atom stereocenters. The standard InChI is InChI=1S/C24H18F3N3O2/c25-24(26,27)19-9-5-4-8-17(19)14-29-22(31)20-21(15-10-12-18(28)13-11-15)32-23(30-20)16-6-2-1-3-7-16/h1-13H,14,28H2,(H,29,31). The highest BCUT2D eigenvalue weighted by atomic mass is 19.4. The third-order valence-electron chi connectivity index (χ3n) is 4.80. The number of amides is 1. The average Bonchev–Trinajstić information content (AvgIpc) is 3.24. The van der Waals surface area contributed by atoms with E-state index < -0.39 is 17.6 Å². The van der Waals surface area contributed by atoms with Gasteiger partial charge in [-0.15, -0.1) is 0 Å². The van der Waals surface area contributed by atoms with E-state index in [-0.39, 0.29) is 29.5 Å². The van der Waals surface area contributed by atoms with Crippen molar-refractivity contribution in [3.8, 4) is 22.8 Å². The van der Waals surface area contributed by atoms with Crippen LogP contribution in [0.1, 0.15) is 21.6 Å². The molecule has 0 aliphatic rings. The fourth-order valence-corrected chi connectivity index (χ4v) is 3.22. The first-order valence-corrected chi connectivity index (χ1v) is 9.68. The number of nitrogens with one attached hydrogen (secondary N) is 1. The molecule has 0 bridgehead atoms. The zero-order valence-electron chi connectivity index (χ0n) is 16.7. The van der Waals surface area contributed by atoms with E-state index in [0.29, 0.717) is 16.8 Å². The van der Waals surface area contributed by atoms with Crippen molar-refractivity contribution < 1.29 is 22.4 Å². The van der Waals surface area contributed by atoms with E-state index in [4.69, 9.17) is 10.2 Å². The molecule has 32 heavy (non-hydrogen) atoms. The third-order valence-corrected chi connectivity index (χ3v) is 4.80. The van der Waals surface area contributed by atoms with Crippen LogP contribution in [-0.4, -0.2) is 10.9 Å². The summed E-state index contributed by atoms with van der Waals surface area (Å²) >= 11 is 0. The van der Waals surface area contributed by atoms with Gasteiger partial charge in [0.1, 0.15) is 0 Å². The molecule has 1 aromatic heterocycles. The molecule has 1 amide bonds. The van der Waals surface area contributed by atoms with E-state index in [1.54, 1.807) is 48.5 Å². The molecule has 4 aromatic rings. The summed E-state index contributed by atoms with van der Waals surface area (Å²) in [6, 6.07) is 20.7. The Kier molecular flexibility index (Phi) is 5.68. The van der Waals surface area contributed by atoms with Gasteiger partial charge in [-0.3, -0.25) is 4.79 Å². The molecule has 3 N–H and O–H groups in total. The number of nitrogens with zero attached hydrogens (tertiary/aromatic N) is 1. The number of carbonyl (C=O) groups is 1. The van der Waals surface area contributed by atoms with Gasteiger partial charge >= 0.3 is 6.18 Å². The maximum Gasteiger partial charge on any atom is 0.416 e. The molecule has 1 heterocycles. The number of carbonyl (C=O) groups excluding carboxylic acids is 1. The number of hydrogen-bond acceptors (Lipinski definition) is 4. The van der Waals surface area contributed by atoms with Crippen LogP contribution in [0.3, 0.4) is 0 Å². The van der Waals surface area contributed by atoms with Crippen molar-refractivity contribution in [2.75, 3.05) is 5.73 Å². The summed E-state index contributed by atoms with van der Waals surface area (Å²) in [7, 11) is 0. The number of aromatic nitrogens is 1. The summed E-state index contributed by atoms with van der Waals surface area (Å²) in [5.41, 5.74) is 6.62. The highest BCUT2D eigenvalue weighted by Crippen LogP contribution is 2.33. The van der Waals surface area contributed by atoms with Crippen LogP contribution >= 0.6 is 0 Å². The Morgan fingerprint density at radius 3 is 2.25 bits per heavy atom. The van der Waals surface area contributed by atoms with E-state index >= 15 is 0 Å². The molecule has 0 aliphatic heterocycles. The van der Waals surface area contributed by atoms with Gasteiger partial charge in [0.15, 0.2) is 11.5 Å². The van der Waals surface area contributed by atoms with Crippen LogP contribution in [0.2, 0.25) is 0 Å². The molecule has 3 aromatic carbocycles. The topological polar surface area (TPSA) is 81.2 Å². The lowest BCUT2D eigenvalue weighted by Gasteiger charge is -2.13. The van der Waals surface area contributed by atoms with Crippen LogP contribution in [0.15, 0.2) is 83.3 Å². The zero-order chi connectivity index (χ0) is 22.7. The molecule has 0 saturated carbocycles. The Bertz CT molecular complexity index is 1230. The molecule has 0 spiro atoms. The molecule has 0 aliphatic carbocycles. The lowest BCUT2D eigenvalue weighted by molar-refractivity contribution is -0.138. The maximum absolute atomic E-state index is 13.3. The minimum absolute atomic E-state index is 0.0295. The molecule has 4 rings (SSSR count). The van der Waals surface area contributed by atoms with Crippen molar-refractivity contribution in [3.63, 3.8) is 0 Å². The SMILES string of the molecule is Nc1ccc(-c2oc(-c3ccccc3)nc2C(=O)NCc2ccccc2C(F)(F)F)cc1. The number of halogens is 3. The van der Waals surface area contributed by atoms with E-state index in [1.807, 2.05) is 6.07 Å². The zero-order valence-corrected chi connectivity index (χ0v) is 16.7. The first-order valence-electron chi connectivity index (χ1n) is 9.68. The van der Waals surface area contributed by atoms with E-state index in [2.05, 4.69) is 10.3 Å². The number of nitrogens with two attached hydrogens (primary N) is 1. The van der Waals surface area contributed by atoms with Gasteiger partial charge in [0, 0.05) is 23.4 Å². The monoisotopic (exact) mass is 437 g/mol. The fraction of sp³-hybridized carbons (Fsp3) is 0.0833. The molecule has 0 fully saturated rings. The highest BCUT2D eigenvalue weighted by molar-refractivity contribution is 5.98. The van der Waals surface area contributed by atoms with Gasteiger partial charge in [-0.2, -0.15) is 13.2 Å². The second-order valence-corrected chi connectivity index (χ2v) is 7.02. The van der Waals surface area contributed by atoms with Crippen molar-refractivity contribution in [1.82, 2.24) is 10.3 Å². The van der Waals surface area contributed by atoms with Crippen LogP contribution in [-0.2, 0) is 12.7 Å². The van der Waals surface area contributed by atoms with Crippen molar-refractivity contribution in [3.05, 3.63) is 95.7 Å². The van der Waals surface area contributed by atoms with Crippen molar-refractivity contribution >= 4 is 11.6 Å². The molecular formula is C24H18F3N3O2. The number of benzene rings is 3. The van der Waals surface area contributed by atoms with Gasteiger partial charge in [-0.05, 0) is 48.0 Å². The molecule has 0 saturated heterocycles. The number of oxazole rings is 1. The van der Waals surface area contributed by atoms with Crippen molar-refractivity contribution in [2.45, 2.75) is 12.7 Å². The fourth-order valence-electron chi connectivity index (χ4n) is 3.22. The largest absolute Gasteiger partial charge is 0.435 e. The summed E-state index contributed by atoms with van der Waals surface area (Å²) in [5.74, 6) is -0.233. The van der Waals surface area contributed by atoms with Gasteiger partial charge in [0.2, 0.25) is 5.89 Å². The van der Waals surface area contributed by atoms with Gasteiger partial charge < -0.3 is 15.5 Å². The minimum Gasteiger partial charge on any atom is -0.435 e. The lowest BCUT2D eigenvalue weighted by Crippen LogP contribution is -2.25. The normalized spacial score (nSPS) is 11.3. The van der Waals surface area contributed by atoms with Crippen LogP contribution in [0.4, 0.5) is 18.9 Å². The molecule has 0 radical (unpaired) electrons.